The highest BCUT2D eigenvalue weighted by Crippen LogP contribution is 2.29. The number of carbonyl (C=O) groups excluding carboxylic acids is 1. The van der Waals surface area contributed by atoms with E-state index in [1.165, 1.54) is 4.68 Å². The number of anilines is 1. The van der Waals surface area contributed by atoms with E-state index in [1.54, 1.807) is 7.11 Å². The third-order valence-corrected chi connectivity index (χ3v) is 3.97. The minimum Gasteiger partial charge on any atom is -0.496 e. The van der Waals surface area contributed by atoms with Crippen molar-refractivity contribution in [1.29, 1.82) is 0 Å². The van der Waals surface area contributed by atoms with E-state index < -0.39 is 0 Å². The van der Waals surface area contributed by atoms with Crippen molar-refractivity contribution in [3.63, 3.8) is 0 Å². The van der Waals surface area contributed by atoms with Gasteiger partial charge in [0.25, 0.3) is 5.95 Å². The maximum atomic E-state index is 12.2. The first kappa shape index (κ1) is 16.7. The second-order valence-corrected chi connectivity index (χ2v) is 5.58. The summed E-state index contributed by atoms with van der Waals surface area (Å²) in [4.78, 5) is 12.2. The molecule has 0 spiro atoms. The molecule has 25 heavy (non-hydrogen) atoms. The van der Waals surface area contributed by atoms with Crippen LogP contribution >= 0.6 is 0 Å². The number of aromatic nitrogens is 4. The Hall–Kier alpha value is -3.16. The lowest BCUT2D eigenvalue weighted by molar-refractivity contribution is 0.249. The van der Waals surface area contributed by atoms with E-state index in [2.05, 4.69) is 26.2 Å². The molecule has 0 fully saturated rings. The lowest BCUT2D eigenvalue weighted by Gasteiger charge is -2.17. The number of nitrogens with zero attached hydrogens (tertiary/aromatic N) is 4. The van der Waals surface area contributed by atoms with Gasteiger partial charge in [0.1, 0.15) is 5.75 Å². The van der Waals surface area contributed by atoms with E-state index >= 15 is 0 Å². The van der Waals surface area contributed by atoms with Crippen molar-refractivity contribution < 1.29 is 9.53 Å². The number of ether oxygens (including phenoxy) is 1. The Morgan fingerprint density at radius 2 is 2.12 bits per heavy atom. The Bertz CT molecular complexity index is 892. The summed E-state index contributed by atoms with van der Waals surface area (Å²) >= 11 is 0. The highest BCUT2D eigenvalue weighted by Gasteiger charge is 2.14. The Kier molecular flexibility index (Phi) is 4.78. The minimum atomic E-state index is -0.371. The number of benzene rings is 2. The second-order valence-electron chi connectivity index (χ2n) is 5.58. The maximum absolute atomic E-state index is 12.2. The molecular formula is C17H20N6O2. The molecule has 3 rings (SSSR count). The topological polar surface area (TPSA) is 94.0 Å². The van der Waals surface area contributed by atoms with Gasteiger partial charge in [0.2, 0.25) is 0 Å². The van der Waals surface area contributed by atoms with Crippen LogP contribution in [0.25, 0.3) is 10.8 Å². The minimum absolute atomic E-state index is 0.218. The number of rotatable bonds is 5. The smallest absolute Gasteiger partial charge is 0.322 e. The van der Waals surface area contributed by atoms with Crippen molar-refractivity contribution in [3.05, 3.63) is 42.0 Å². The van der Waals surface area contributed by atoms with Crippen molar-refractivity contribution >= 4 is 22.8 Å². The number of tetrazole rings is 1. The van der Waals surface area contributed by atoms with Gasteiger partial charge in [-0.2, -0.15) is 0 Å². The lowest BCUT2D eigenvalue weighted by Crippen LogP contribution is -2.32. The molecule has 0 aliphatic heterocycles. The number of amides is 2. The fourth-order valence-electron chi connectivity index (χ4n) is 2.64. The molecule has 0 aliphatic rings. The highest BCUT2D eigenvalue weighted by molar-refractivity contribution is 5.90. The van der Waals surface area contributed by atoms with Crippen LogP contribution in [0.4, 0.5) is 10.7 Å². The molecule has 1 unspecified atom stereocenters. The first-order valence-electron chi connectivity index (χ1n) is 8.02. The number of aryl methyl sites for hydroxylation is 1. The van der Waals surface area contributed by atoms with Crippen molar-refractivity contribution in [1.82, 2.24) is 25.5 Å². The average Bonchev–Trinajstić information content (AvgIpc) is 3.07. The number of methoxy groups -OCH3 is 1. The van der Waals surface area contributed by atoms with Gasteiger partial charge in [0.05, 0.1) is 13.2 Å². The van der Waals surface area contributed by atoms with Gasteiger partial charge in [0, 0.05) is 11.9 Å². The third-order valence-electron chi connectivity index (χ3n) is 3.97. The molecule has 8 nitrogen and oxygen atoms in total. The molecule has 8 heteroatoms. The van der Waals surface area contributed by atoms with Gasteiger partial charge >= 0.3 is 6.03 Å². The largest absolute Gasteiger partial charge is 0.496 e. The zero-order valence-electron chi connectivity index (χ0n) is 14.4. The summed E-state index contributed by atoms with van der Waals surface area (Å²) in [7, 11) is 1.64. The molecule has 1 atom stereocenters. The summed E-state index contributed by atoms with van der Waals surface area (Å²) in [6.07, 6.45) is 0. The Morgan fingerprint density at radius 3 is 2.88 bits per heavy atom. The van der Waals surface area contributed by atoms with Crippen LogP contribution in [0.15, 0.2) is 36.4 Å². The molecule has 2 aromatic carbocycles. The van der Waals surface area contributed by atoms with Gasteiger partial charge in [0.15, 0.2) is 0 Å². The van der Waals surface area contributed by atoms with Crippen LogP contribution in [0.3, 0.4) is 0 Å². The summed E-state index contributed by atoms with van der Waals surface area (Å²) < 4.78 is 6.98. The van der Waals surface area contributed by atoms with E-state index in [-0.39, 0.29) is 12.1 Å². The number of carbonyl (C=O) groups is 1. The zero-order chi connectivity index (χ0) is 17.8. The fraction of sp³-hybridized carbons (Fsp3) is 0.294. The molecule has 130 valence electrons. The van der Waals surface area contributed by atoms with E-state index in [0.29, 0.717) is 12.5 Å². The summed E-state index contributed by atoms with van der Waals surface area (Å²) in [5, 5.41) is 18.7. The van der Waals surface area contributed by atoms with E-state index in [0.717, 1.165) is 22.1 Å². The number of fused-ring (bicyclic) bond motifs is 1. The predicted octanol–water partition coefficient (Wildman–Crippen LogP) is 2.74. The van der Waals surface area contributed by atoms with E-state index in [4.69, 9.17) is 4.74 Å². The second kappa shape index (κ2) is 7.16. The summed E-state index contributed by atoms with van der Waals surface area (Å²) in [6, 6.07) is 11.4. The predicted molar refractivity (Wildman–Crippen MR) is 94.6 cm³/mol. The van der Waals surface area contributed by atoms with Crippen molar-refractivity contribution in [3.8, 4) is 5.75 Å². The summed E-state index contributed by atoms with van der Waals surface area (Å²) in [5.41, 5.74) is 0.945. The Balaban J connectivity index is 1.77. The molecule has 0 saturated heterocycles. The van der Waals surface area contributed by atoms with E-state index in [1.807, 2.05) is 50.2 Å². The number of urea groups is 1. The van der Waals surface area contributed by atoms with Gasteiger partial charge in [-0.05, 0) is 47.4 Å². The van der Waals surface area contributed by atoms with Crippen molar-refractivity contribution in [2.75, 3.05) is 12.4 Å². The van der Waals surface area contributed by atoms with Crippen LogP contribution in [0.1, 0.15) is 25.5 Å². The SMILES string of the molecule is CCn1nnnc1NC(=O)NC(C)c1cc(OC)c2ccccc2c1. The number of hydrogen-bond acceptors (Lipinski definition) is 5. The van der Waals surface area contributed by atoms with Crippen LogP contribution in [0, 0.1) is 0 Å². The van der Waals surface area contributed by atoms with Crippen LogP contribution in [-0.4, -0.2) is 33.3 Å². The van der Waals surface area contributed by atoms with Crippen molar-refractivity contribution in [2.24, 2.45) is 0 Å². The van der Waals surface area contributed by atoms with Crippen LogP contribution < -0.4 is 15.4 Å². The Labute approximate surface area is 145 Å². The molecule has 1 aromatic heterocycles. The summed E-state index contributed by atoms with van der Waals surface area (Å²) in [5.74, 6) is 1.08. The quantitative estimate of drug-likeness (QED) is 0.745. The highest BCUT2D eigenvalue weighted by atomic mass is 16.5. The van der Waals surface area contributed by atoms with Crippen LogP contribution in [-0.2, 0) is 6.54 Å². The molecule has 3 aromatic rings. The first-order valence-corrected chi connectivity index (χ1v) is 8.02. The first-order chi connectivity index (χ1) is 12.1. The summed E-state index contributed by atoms with van der Waals surface area (Å²) in [6.45, 7) is 4.37. The van der Waals surface area contributed by atoms with Crippen LogP contribution in [0.2, 0.25) is 0 Å². The third kappa shape index (κ3) is 3.52. The molecule has 0 aliphatic carbocycles. The fourth-order valence-corrected chi connectivity index (χ4v) is 2.64. The molecule has 2 N–H and O–H groups in total. The zero-order valence-corrected chi connectivity index (χ0v) is 14.4. The maximum Gasteiger partial charge on any atom is 0.322 e. The van der Waals surface area contributed by atoms with Gasteiger partial charge in [-0.1, -0.05) is 29.4 Å². The monoisotopic (exact) mass is 340 g/mol. The molecule has 2 amide bonds. The number of nitrogens with one attached hydrogen (secondary N) is 2. The molecular weight excluding hydrogens is 320 g/mol. The normalized spacial score (nSPS) is 12.0. The average molecular weight is 340 g/mol. The molecule has 0 bridgehead atoms. The van der Waals surface area contributed by atoms with Crippen molar-refractivity contribution in [2.45, 2.75) is 26.4 Å². The number of hydrogen-bond donors (Lipinski definition) is 2. The van der Waals surface area contributed by atoms with Gasteiger partial charge < -0.3 is 10.1 Å². The standard InChI is InChI=1S/C17H20N6O2/c1-4-23-16(20-21-22-23)19-17(24)18-11(2)13-9-12-7-5-6-8-14(12)15(10-13)25-3/h5-11H,4H2,1-3H3,(H2,18,19,20,22,24). The molecule has 0 saturated carbocycles. The molecule has 1 heterocycles. The van der Waals surface area contributed by atoms with Crippen LogP contribution in [0.5, 0.6) is 5.75 Å². The van der Waals surface area contributed by atoms with Gasteiger partial charge in [-0.25, -0.2) is 9.48 Å². The van der Waals surface area contributed by atoms with E-state index in [9.17, 15) is 4.79 Å². The lowest BCUT2D eigenvalue weighted by atomic mass is 10.0. The van der Waals surface area contributed by atoms with Gasteiger partial charge in [-0.3, -0.25) is 5.32 Å². The molecule has 0 radical (unpaired) electrons. The Morgan fingerprint density at radius 1 is 1.32 bits per heavy atom. The van der Waals surface area contributed by atoms with Gasteiger partial charge in [-0.15, -0.1) is 0 Å².